The summed E-state index contributed by atoms with van der Waals surface area (Å²) in [4.78, 5) is 23.8. The van der Waals surface area contributed by atoms with Crippen molar-refractivity contribution in [1.29, 1.82) is 0 Å². The van der Waals surface area contributed by atoms with Crippen LogP contribution >= 0.6 is 0 Å². The van der Waals surface area contributed by atoms with E-state index in [1.165, 1.54) is 12.8 Å². The van der Waals surface area contributed by atoms with Crippen LogP contribution in [0.4, 0.5) is 5.82 Å². The molecule has 0 radical (unpaired) electrons. The summed E-state index contributed by atoms with van der Waals surface area (Å²) >= 11 is 0. The van der Waals surface area contributed by atoms with E-state index in [9.17, 15) is 4.79 Å². The van der Waals surface area contributed by atoms with Crippen molar-refractivity contribution < 1.29 is 9.53 Å². The van der Waals surface area contributed by atoms with Crippen molar-refractivity contribution in [2.24, 2.45) is 5.92 Å². The number of nitrogens with one attached hydrogen (secondary N) is 1. The molecule has 6 nitrogen and oxygen atoms in total. The Morgan fingerprint density at radius 3 is 2.64 bits per heavy atom. The van der Waals surface area contributed by atoms with Gasteiger partial charge in [-0.05, 0) is 50.5 Å². The van der Waals surface area contributed by atoms with E-state index in [2.05, 4.69) is 15.2 Å². The lowest BCUT2D eigenvalue weighted by Crippen LogP contribution is -2.41. The summed E-state index contributed by atoms with van der Waals surface area (Å²) in [6.07, 6.45) is 9.02. The largest absolute Gasteiger partial charge is 0.381 e. The molecule has 6 heteroatoms. The summed E-state index contributed by atoms with van der Waals surface area (Å²) in [5.74, 6) is 3.35. The van der Waals surface area contributed by atoms with E-state index in [0.29, 0.717) is 24.3 Å². The Morgan fingerprint density at radius 1 is 1.16 bits per heavy atom. The second kappa shape index (κ2) is 7.68. The maximum atomic E-state index is 12.3. The van der Waals surface area contributed by atoms with Crippen LogP contribution in [0.5, 0.6) is 0 Å². The molecule has 1 aromatic heterocycles. The number of carbonyl (C=O) groups is 1. The van der Waals surface area contributed by atoms with Crippen LogP contribution in [0, 0.1) is 5.92 Å². The number of hydrogen-bond donors (Lipinski definition) is 1. The molecule has 4 rings (SSSR count). The van der Waals surface area contributed by atoms with Crippen LogP contribution in [0.3, 0.4) is 0 Å². The molecule has 25 heavy (non-hydrogen) atoms. The zero-order valence-electron chi connectivity index (χ0n) is 14.8. The van der Waals surface area contributed by atoms with E-state index in [1.54, 1.807) is 0 Å². The van der Waals surface area contributed by atoms with Gasteiger partial charge in [-0.2, -0.15) is 0 Å². The first-order chi connectivity index (χ1) is 12.3. The molecule has 3 fully saturated rings. The van der Waals surface area contributed by atoms with Gasteiger partial charge >= 0.3 is 0 Å². The average molecular weight is 344 g/mol. The van der Waals surface area contributed by atoms with Crippen molar-refractivity contribution in [3.05, 3.63) is 18.1 Å². The molecule has 0 spiro atoms. The Hall–Kier alpha value is -1.69. The Bertz CT molecular complexity index is 591. The van der Waals surface area contributed by atoms with Gasteiger partial charge in [-0.3, -0.25) is 4.79 Å². The number of aromatic nitrogens is 2. The van der Waals surface area contributed by atoms with Gasteiger partial charge in [-0.15, -0.1) is 0 Å². The third kappa shape index (κ3) is 4.48. The van der Waals surface area contributed by atoms with Crippen molar-refractivity contribution in [3.8, 4) is 0 Å². The van der Waals surface area contributed by atoms with Crippen molar-refractivity contribution in [2.45, 2.75) is 56.9 Å². The third-order valence-corrected chi connectivity index (χ3v) is 5.60. The number of ether oxygens (including phenoxy) is 1. The van der Waals surface area contributed by atoms with Crippen LogP contribution in [-0.2, 0) is 9.53 Å². The Morgan fingerprint density at radius 2 is 1.92 bits per heavy atom. The maximum Gasteiger partial charge on any atom is 0.220 e. The predicted molar refractivity (Wildman–Crippen MR) is 95.5 cm³/mol. The molecule has 0 atom stereocenters. The van der Waals surface area contributed by atoms with E-state index in [4.69, 9.17) is 9.72 Å². The van der Waals surface area contributed by atoms with Gasteiger partial charge in [0.1, 0.15) is 11.6 Å². The topological polar surface area (TPSA) is 67.4 Å². The fourth-order valence-electron chi connectivity index (χ4n) is 3.84. The fraction of sp³-hybridized carbons (Fsp3) is 0.737. The normalized spacial score (nSPS) is 22.8. The van der Waals surface area contributed by atoms with Gasteiger partial charge in [0, 0.05) is 50.9 Å². The number of nitrogens with zero attached hydrogens (tertiary/aromatic N) is 3. The zero-order valence-corrected chi connectivity index (χ0v) is 14.8. The quantitative estimate of drug-likeness (QED) is 0.887. The van der Waals surface area contributed by atoms with Crippen LogP contribution in [0.2, 0.25) is 0 Å². The predicted octanol–water partition coefficient (Wildman–Crippen LogP) is 2.26. The molecule has 0 unspecified atom stereocenters. The van der Waals surface area contributed by atoms with Crippen LogP contribution in [0.1, 0.15) is 56.7 Å². The number of amides is 1. The summed E-state index contributed by atoms with van der Waals surface area (Å²) < 4.78 is 5.34. The van der Waals surface area contributed by atoms with Gasteiger partial charge in [0.2, 0.25) is 5.91 Å². The summed E-state index contributed by atoms with van der Waals surface area (Å²) in [7, 11) is 0. The molecule has 1 aliphatic carbocycles. The van der Waals surface area contributed by atoms with Crippen LogP contribution in [0.15, 0.2) is 12.3 Å². The van der Waals surface area contributed by atoms with Crippen molar-refractivity contribution >= 4 is 11.7 Å². The minimum absolute atomic E-state index is 0.211. The minimum atomic E-state index is 0.211. The minimum Gasteiger partial charge on any atom is -0.381 e. The highest BCUT2D eigenvalue weighted by Gasteiger charge is 2.28. The number of piperidine rings is 1. The first-order valence-electron chi connectivity index (χ1n) is 9.73. The average Bonchev–Trinajstić information content (AvgIpc) is 3.48. The van der Waals surface area contributed by atoms with Crippen LogP contribution in [-0.4, -0.2) is 48.2 Å². The third-order valence-electron chi connectivity index (χ3n) is 5.60. The first-order valence-corrected chi connectivity index (χ1v) is 9.73. The molecule has 0 aromatic carbocycles. The standard InChI is InChI=1S/C19H28N4O2/c24-18(21-16-6-11-25-12-7-16)13-14-4-9-23(10-5-14)17-3-8-20-19(22-17)15-1-2-15/h3,8,14-16H,1-2,4-7,9-13H2,(H,21,24). The van der Waals surface area contributed by atoms with Crippen molar-refractivity contribution in [1.82, 2.24) is 15.3 Å². The number of rotatable bonds is 5. The molecule has 2 aliphatic heterocycles. The van der Waals surface area contributed by atoms with E-state index in [0.717, 1.165) is 63.6 Å². The van der Waals surface area contributed by atoms with E-state index in [-0.39, 0.29) is 5.91 Å². The Kier molecular flexibility index (Phi) is 5.15. The van der Waals surface area contributed by atoms with Crippen molar-refractivity contribution in [3.63, 3.8) is 0 Å². The molecular weight excluding hydrogens is 316 g/mol. The lowest BCUT2D eigenvalue weighted by Gasteiger charge is -2.33. The van der Waals surface area contributed by atoms with E-state index < -0.39 is 0 Å². The molecule has 3 heterocycles. The second-order valence-electron chi connectivity index (χ2n) is 7.64. The molecule has 1 aromatic rings. The second-order valence-corrected chi connectivity index (χ2v) is 7.64. The monoisotopic (exact) mass is 344 g/mol. The summed E-state index contributed by atoms with van der Waals surface area (Å²) in [6, 6.07) is 2.33. The van der Waals surface area contributed by atoms with Gasteiger partial charge in [-0.25, -0.2) is 9.97 Å². The summed E-state index contributed by atoms with van der Waals surface area (Å²) in [5, 5.41) is 3.18. The highest BCUT2D eigenvalue weighted by atomic mass is 16.5. The molecule has 136 valence electrons. The van der Waals surface area contributed by atoms with E-state index >= 15 is 0 Å². The lowest BCUT2D eigenvalue weighted by molar-refractivity contribution is -0.123. The van der Waals surface area contributed by atoms with Gasteiger partial charge in [-0.1, -0.05) is 0 Å². The zero-order chi connectivity index (χ0) is 17.1. The number of carbonyl (C=O) groups excluding carboxylic acids is 1. The number of hydrogen-bond acceptors (Lipinski definition) is 5. The highest BCUT2D eigenvalue weighted by molar-refractivity contribution is 5.76. The highest BCUT2D eigenvalue weighted by Crippen LogP contribution is 2.38. The van der Waals surface area contributed by atoms with Crippen LogP contribution in [0.25, 0.3) is 0 Å². The maximum absolute atomic E-state index is 12.3. The van der Waals surface area contributed by atoms with Crippen molar-refractivity contribution in [2.75, 3.05) is 31.2 Å². The molecule has 2 saturated heterocycles. The Labute approximate surface area is 149 Å². The molecular formula is C19H28N4O2. The van der Waals surface area contributed by atoms with Gasteiger partial charge in [0.15, 0.2) is 0 Å². The van der Waals surface area contributed by atoms with E-state index in [1.807, 2.05) is 12.3 Å². The molecule has 1 amide bonds. The van der Waals surface area contributed by atoms with Gasteiger partial charge < -0.3 is 15.0 Å². The fourth-order valence-corrected chi connectivity index (χ4v) is 3.84. The molecule has 0 bridgehead atoms. The Balaban J connectivity index is 1.24. The molecule has 3 aliphatic rings. The summed E-state index contributed by atoms with van der Waals surface area (Å²) in [5.41, 5.74) is 0. The van der Waals surface area contributed by atoms with Gasteiger partial charge in [0.25, 0.3) is 0 Å². The smallest absolute Gasteiger partial charge is 0.220 e. The van der Waals surface area contributed by atoms with Crippen LogP contribution < -0.4 is 10.2 Å². The first kappa shape index (κ1) is 16.8. The SMILES string of the molecule is O=C(CC1CCN(c2ccnc(C3CC3)n2)CC1)NC1CCOCC1. The number of anilines is 1. The lowest BCUT2D eigenvalue weighted by atomic mass is 9.93. The molecule has 1 saturated carbocycles. The van der Waals surface area contributed by atoms with Gasteiger partial charge in [0.05, 0.1) is 0 Å². The molecule has 1 N–H and O–H groups in total. The summed E-state index contributed by atoms with van der Waals surface area (Å²) in [6.45, 7) is 3.50.